The van der Waals surface area contributed by atoms with E-state index in [0.717, 1.165) is 19.4 Å². The quantitative estimate of drug-likeness (QED) is 0.713. The largest absolute Gasteiger partial charge is 0.495 e. The Morgan fingerprint density at radius 2 is 2.28 bits per heavy atom. The highest BCUT2D eigenvalue weighted by Crippen LogP contribution is 2.40. The highest BCUT2D eigenvalue weighted by Gasteiger charge is 2.49. The van der Waals surface area contributed by atoms with Crippen molar-refractivity contribution in [3.05, 3.63) is 23.9 Å². The van der Waals surface area contributed by atoms with Gasteiger partial charge >= 0.3 is 6.01 Å². The van der Waals surface area contributed by atoms with Gasteiger partial charge in [0.1, 0.15) is 18.5 Å². The zero-order valence-electron chi connectivity index (χ0n) is 16.0. The molecule has 29 heavy (non-hydrogen) atoms. The Morgan fingerprint density at radius 1 is 1.52 bits per heavy atom. The topological polar surface area (TPSA) is 128 Å². The van der Waals surface area contributed by atoms with Crippen LogP contribution in [-0.2, 0) is 4.79 Å². The summed E-state index contributed by atoms with van der Waals surface area (Å²) < 4.78 is 25.0. The lowest BCUT2D eigenvalue weighted by Crippen LogP contribution is -2.43. The number of ether oxygens (including phenoxy) is 2. The molecule has 0 saturated carbocycles. The number of carbonyl (C=O) groups is 2. The van der Waals surface area contributed by atoms with Crippen LogP contribution in [0, 0.1) is 0 Å². The van der Waals surface area contributed by atoms with E-state index in [1.807, 2.05) is 0 Å². The first-order valence-corrected chi connectivity index (χ1v) is 9.17. The smallest absolute Gasteiger partial charge is 0.316 e. The van der Waals surface area contributed by atoms with Gasteiger partial charge in [-0.3, -0.25) is 14.5 Å². The average Bonchev–Trinajstić information content (AvgIpc) is 3.21. The molecule has 2 aliphatic heterocycles. The summed E-state index contributed by atoms with van der Waals surface area (Å²) in [6, 6.07) is 3.48. The van der Waals surface area contributed by atoms with E-state index in [4.69, 9.17) is 25.1 Å². The van der Waals surface area contributed by atoms with E-state index in [-0.39, 0.29) is 23.6 Å². The predicted molar refractivity (Wildman–Crippen MR) is 102 cm³/mol. The third-order valence-electron chi connectivity index (χ3n) is 5.39. The van der Waals surface area contributed by atoms with E-state index < -0.39 is 12.1 Å². The number of alkyl halides is 1. The zero-order chi connectivity index (χ0) is 21.0. The molecule has 2 atom stereocenters. The van der Waals surface area contributed by atoms with Crippen LogP contribution in [0.25, 0.3) is 10.9 Å². The first-order chi connectivity index (χ1) is 13.9. The minimum atomic E-state index is -0.798. The van der Waals surface area contributed by atoms with Gasteiger partial charge in [-0.1, -0.05) is 0 Å². The molecule has 156 valence electrons. The number of nitrogens with two attached hydrogens (primary N) is 1. The van der Waals surface area contributed by atoms with Gasteiger partial charge in [-0.25, -0.2) is 9.37 Å². The lowest BCUT2D eigenvalue weighted by Gasteiger charge is -2.30. The third-order valence-corrected chi connectivity index (χ3v) is 5.39. The molecule has 1 aromatic heterocycles. The Kier molecular flexibility index (Phi) is 6.12. The summed E-state index contributed by atoms with van der Waals surface area (Å²) in [5.41, 5.74) is 5.99. The number of nitrogens with zero attached hydrogens (tertiary/aromatic N) is 3. The van der Waals surface area contributed by atoms with Crippen LogP contribution in [0.3, 0.4) is 0 Å². The summed E-state index contributed by atoms with van der Waals surface area (Å²) in [7, 11) is 1.47. The van der Waals surface area contributed by atoms with Crippen LogP contribution in [0.1, 0.15) is 29.6 Å². The number of carbonyl (C=O) groups excluding carboxylic acids is 1. The summed E-state index contributed by atoms with van der Waals surface area (Å²) >= 11 is 0. The number of hydrogen-bond acceptors (Lipinski definition) is 7. The van der Waals surface area contributed by atoms with E-state index in [1.165, 1.54) is 7.11 Å². The molecule has 9 nitrogen and oxygen atoms in total. The third kappa shape index (κ3) is 4.07. The molecule has 10 heteroatoms. The Hall–Kier alpha value is -3.01. The van der Waals surface area contributed by atoms with Gasteiger partial charge in [0.2, 0.25) is 0 Å². The summed E-state index contributed by atoms with van der Waals surface area (Å²) in [6.07, 6.45) is 3.24. The number of fused-ring (bicyclic) bond motifs is 2. The second-order valence-electron chi connectivity index (χ2n) is 7.07. The average molecular weight is 406 g/mol. The van der Waals surface area contributed by atoms with Crippen molar-refractivity contribution in [1.82, 2.24) is 14.9 Å². The summed E-state index contributed by atoms with van der Waals surface area (Å²) in [5, 5.41) is 7.47. The molecule has 0 radical (unpaired) electrons. The van der Waals surface area contributed by atoms with Gasteiger partial charge in [0.15, 0.2) is 0 Å². The van der Waals surface area contributed by atoms with Gasteiger partial charge in [-0.15, -0.1) is 0 Å². The summed E-state index contributed by atoms with van der Waals surface area (Å²) in [5.74, 6) is -0.232. The minimum Gasteiger partial charge on any atom is -0.495 e. The molecule has 2 aliphatic rings. The SMILES string of the molecule is COc1c(C(N)=O)ccc2nc(OC[C@@]34CCCN3C[C@H](F)C4)ncc12.O=CO. The Balaban J connectivity index is 0.000000755. The first-order valence-electron chi connectivity index (χ1n) is 9.17. The molecular weight excluding hydrogens is 383 g/mol. The van der Waals surface area contributed by atoms with E-state index in [9.17, 15) is 9.18 Å². The number of primary amides is 1. The molecule has 2 aromatic rings. The number of halogens is 1. The molecule has 0 unspecified atom stereocenters. The molecule has 3 N–H and O–H groups in total. The van der Waals surface area contributed by atoms with Crippen molar-refractivity contribution in [3.63, 3.8) is 0 Å². The van der Waals surface area contributed by atoms with Crippen LogP contribution >= 0.6 is 0 Å². The predicted octanol–water partition coefficient (Wildman–Crippen LogP) is 1.39. The second-order valence-corrected chi connectivity index (χ2v) is 7.07. The fourth-order valence-corrected chi connectivity index (χ4v) is 4.19. The number of carboxylic acid groups (broad SMARTS) is 1. The first kappa shape index (κ1) is 20.7. The molecule has 2 saturated heterocycles. The number of hydrogen-bond donors (Lipinski definition) is 2. The fourth-order valence-electron chi connectivity index (χ4n) is 4.19. The Labute approximate surface area is 166 Å². The van der Waals surface area contributed by atoms with Gasteiger partial charge in [0.05, 0.1) is 29.1 Å². The van der Waals surface area contributed by atoms with Crippen molar-refractivity contribution in [2.45, 2.75) is 31.0 Å². The Bertz CT molecular complexity index is 912. The van der Waals surface area contributed by atoms with Crippen LogP contribution in [0.2, 0.25) is 0 Å². The van der Waals surface area contributed by atoms with Crippen LogP contribution in [0.4, 0.5) is 4.39 Å². The minimum absolute atomic E-state index is 0.231. The number of benzene rings is 1. The van der Waals surface area contributed by atoms with E-state index >= 15 is 0 Å². The van der Waals surface area contributed by atoms with Gasteiger partial charge < -0.3 is 20.3 Å². The summed E-state index contributed by atoms with van der Waals surface area (Å²) in [6.45, 7) is 1.51. The fraction of sp³-hybridized carbons (Fsp3) is 0.474. The number of aromatic nitrogens is 2. The normalized spacial score (nSPS) is 23.2. The van der Waals surface area contributed by atoms with Crippen LogP contribution < -0.4 is 15.2 Å². The van der Waals surface area contributed by atoms with Gasteiger partial charge in [-0.05, 0) is 31.5 Å². The monoisotopic (exact) mass is 406 g/mol. The molecule has 4 rings (SSSR count). The van der Waals surface area contributed by atoms with Crippen LogP contribution in [-0.4, -0.2) is 70.9 Å². The summed E-state index contributed by atoms with van der Waals surface area (Å²) in [4.78, 5) is 30.7. The highest BCUT2D eigenvalue weighted by atomic mass is 19.1. The molecule has 0 spiro atoms. The molecule has 1 amide bonds. The van der Waals surface area contributed by atoms with Crippen molar-refractivity contribution < 1.29 is 28.6 Å². The van der Waals surface area contributed by atoms with Gasteiger partial charge in [0, 0.05) is 19.2 Å². The van der Waals surface area contributed by atoms with Crippen molar-refractivity contribution in [2.24, 2.45) is 5.73 Å². The highest BCUT2D eigenvalue weighted by molar-refractivity contribution is 6.02. The maximum atomic E-state index is 13.8. The van der Waals surface area contributed by atoms with E-state index in [1.54, 1.807) is 18.3 Å². The van der Waals surface area contributed by atoms with E-state index in [0.29, 0.717) is 36.2 Å². The second kappa shape index (κ2) is 8.56. The van der Waals surface area contributed by atoms with Crippen LogP contribution in [0.15, 0.2) is 18.3 Å². The van der Waals surface area contributed by atoms with Gasteiger partial charge in [-0.2, -0.15) is 4.98 Å². The number of amides is 1. The maximum absolute atomic E-state index is 13.8. The van der Waals surface area contributed by atoms with E-state index in [2.05, 4.69) is 14.9 Å². The number of methoxy groups -OCH3 is 1. The molecule has 2 fully saturated rings. The zero-order valence-corrected chi connectivity index (χ0v) is 16.0. The van der Waals surface area contributed by atoms with Crippen molar-refractivity contribution in [2.75, 3.05) is 26.8 Å². The van der Waals surface area contributed by atoms with Crippen molar-refractivity contribution in [3.8, 4) is 11.8 Å². The lowest BCUT2D eigenvalue weighted by atomic mass is 9.95. The molecule has 1 aromatic carbocycles. The van der Waals surface area contributed by atoms with Crippen molar-refractivity contribution >= 4 is 23.3 Å². The molecule has 0 aliphatic carbocycles. The Morgan fingerprint density at radius 3 is 2.97 bits per heavy atom. The van der Waals surface area contributed by atoms with Crippen molar-refractivity contribution in [1.29, 1.82) is 0 Å². The number of rotatable bonds is 5. The van der Waals surface area contributed by atoms with Gasteiger partial charge in [0.25, 0.3) is 12.4 Å². The molecule has 0 bridgehead atoms. The maximum Gasteiger partial charge on any atom is 0.316 e. The standard InChI is InChI=1S/C18H21FN4O3.CH2O2/c1-25-15-12(16(20)24)3-4-14-13(15)8-21-17(22-14)26-10-18-5-2-6-23(18)9-11(19)7-18;2-1-3/h3-4,8,11H,2,5-7,9-10H2,1H3,(H2,20,24);1H,(H,2,3)/t11-,18+;/m1./s1. The van der Waals surface area contributed by atoms with Crippen LogP contribution in [0.5, 0.6) is 11.8 Å². The lowest BCUT2D eigenvalue weighted by molar-refractivity contribution is -0.122. The molecular formula is C19H23FN4O5. The molecule has 3 heterocycles.